The molecule has 18 heavy (non-hydrogen) atoms. The third-order valence-electron chi connectivity index (χ3n) is 4.31. The van der Waals surface area contributed by atoms with Gasteiger partial charge >= 0.3 is 0 Å². The summed E-state index contributed by atoms with van der Waals surface area (Å²) in [6.07, 6.45) is 3.56. The summed E-state index contributed by atoms with van der Waals surface area (Å²) in [5.41, 5.74) is 1.92. The van der Waals surface area contributed by atoms with Crippen LogP contribution >= 0.6 is 0 Å². The number of carbonyl (C=O) groups is 1. The van der Waals surface area contributed by atoms with Crippen molar-refractivity contribution in [2.45, 2.75) is 33.1 Å². The number of hydrogen-bond acceptors (Lipinski definition) is 2. The van der Waals surface area contributed by atoms with E-state index in [2.05, 4.69) is 0 Å². The Kier molecular flexibility index (Phi) is 2.89. The molecule has 0 radical (unpaired) electrons. The predicted molar refractivity (Wildman–Crippen MR) is 71.0 cm³/mol. The van der Waals surface area contributed by atoms with Crippen molar-refractivity contribution in [3.05, 3.63) is 29.3 Å². The summed E-state index contributed by atoms with van der Waals surface area (Å²) in [7, 11) is 0. The fourth-order valence-corrected chi connectivity index (χ4v) is 3.27. The maximum atomic E-state index is 12.6. The van der Waals surface area contributed by atoms with Crippen LogP contribution in [0, 0.1) is 24.7 Å². The fourth-order valence-electron chi connectivity index (χ4n) is 3.27. The number of ether oxygens (including phenoxy) is 1. The van der Waals surface area contributed by atoms with Crippen LogP contribution in [0.1, 0.15) is 42.1 Å². The number of ketones is 1. The molecule has 2 unspecified atom stereocenters. The lowest BCUT2D eigenvalue weighted by Crippen LogP contribution is -2.14. The van der Waals surface area contributed by atoms with Crippen molar-refractivity contribution in [1.82, 2.24) is 0 Å². The molecule has 2 atom stereocenters. The van der Waals surface area contributed by atoms with Crippen molar-refractivity contribution in [3.8, 4) is 5.75 Å². The van der Waals surface area contributed by atoms with Crippen LogP contribution in [0.3, 0.4) is 0 Å². The molecule has 0 heterocycles. The first-order valence-corrected chi connectivity index (χ1v) is 6.96. The maximum Gasteiger partial charge on any atom is 0.169 e. The van der Waals surface area contributed by atoms with E-state index in [-0.39, 0.29) is 5.92 Å². The summed E-state index contributed by atoms with van der Waals surface area (Å²) in [5, 5.41) is 0. The molecular formula is C16H20O2. The summed E-state index contributed by atoms with van der Waals surface area (Å²) >= 11 is 0. The zero-order valence-electron chi connectivity index (χ0n) is 11.1. The quantitative estimate of drug-likeness (QED) is 0.756. The molecule has 1 aromatic carbocycles. The van der Waals surface area contributed by atoms with Gasteiger partial charge in [0.1, 0.15) is 5.75 Å². The smallest absolute Gasteiger partial charge is 0.169 e. The van der Waals surface area contributed by atoms with Gasteiger partial charge in [0, 0.05) is 5.92 Å². The van der Waals surface area contributed by atoms with Crippen LogP contribution in [0.2, 0.25) is 0 Å². The summed E-state index contributed by atoms with van der Waals surface area (Å²) in [6, 6.07) is 5.92. The molecule has 2 fully saturated rings. The molecule has 3 rings (SSSR count). The van der Waals surface area contributed by atoms with Crippen LogP contribution in [-0.4, -0.2) is 12.4 Å². The third-order valence-corrected chi connectivity index (χ3v) is 4.31. The Morgan fingerprint density at radius 2 is 2.00 bits per heavy atom. The van der Waals surface area contributed by atoms with E-state index >= 15 is 0 Å². The number of hydrogen-bond donors (Lipinski definition) is 0. The van der Waals surface area contributed by atoms with Gasteiger partial charge in [-0.15, -0.1) is 0 Å². The van der Waals surface area contributed by atoms with Crippen LogP contribution in [0.4, 0.5) is 0 Å². The highest BCUT2D eigenvalue weighted by molar-refractivity contribution is 6.00. The lowest BCUT2D eigenvalue weighted by Gasteiger charge is -2.15. The van der Waals surface area contributed by atoms with Gasteiger partial charge in [-0.2, -0.15) is 0 Å². The molecule has 0 saturated heterocycles. The molecular weight excluding hydrogens is 224 g/mol. The average molecular weight is 244 g/mol. The van der Waals surface area contributed by atoms with Crippen LogP contribution < -0.4 is 4.74 Å². The first kappa shape index (κ1) is 11.8. The number of rotatable bonds is 4. The van der Waals surface area contributed by atoms with E-state index in [4.69, 9.17) is 4.74 Å². The minimum Gasteiger partial charge on any atom is -0.493 e. The number of fused-ring (bicyclic) bond motifs is 1. The maximum absolute atomic E-state index is 12.6. The zero-order valence-corrected chi connectivity index (χ0v) is 11.1. The summed E-state index contributed by atoms with van der Waals surface area (Å²) < 4.78 is 5.59. The Bertz CT molecular complexity index is 468. The van der Waals surface area contributed by atoms with E-state index in [1.807, 2.05) is 32.0 Å². The molecule has 2 aliphatic carbocycles. The van der Waals surface area contributed by atoms with Gasteiger partial charge in [-0.1, -0.05) is 11.6 Å². The molecule has 0 aliphatic heterocycles. The highest BCUT2D eigenvalue weighted by Gasteiger charge is 2.48. The van der Waals surface area contributed by atoms with Gasteiger partial charge in [-0.25, -0.2) is 0 Å². The molecule has 0 amide bonds. The molecule has 0 spiro atoms. The van der Waals surface area contributed by atoms with Crippen LogP contribution in [0.15, 0.2) is 18.2 Å². The number of benzene rings is 1. The zero-order chi connectivity index (χ0) is 12.7. The predicted octanol–water partition coefficient (Wildman–Crippen LogP) is 3.62. The van der Waals surface area contributed by atoms with Crippen LogP contribution in [-0.2, 0) is 0 Å². The minimum absolute atomic E-state index is 0.245. The van der Waals surface area contributed by atoms with E-state index in [0.29, 0.717) is 12.4 Å². The number of carbonyl (C=O) groups excluding carboxylic acids is 1. The Hall–Kier alpha value is -1.31. The first-order chi connectivity index (χ1) is 8.69. The monoisotopic (exact) mass is 244 g/mol. The summed E-state index contributed by atoms with van der Waals surface area (Å²) in [6.45, 7) is 4.59. The third kappa shape index (κ3) is 2.05. The minimum atomic E-state index is 0.245. The second-order valence-corrected chi connectivity index (χ2v) is 5.72. The van der Waals surface area contributed by atoms with Crippen molar-refractivity contribution in [2.75, 3.05) is 6.61 Å². The first-order valence-electron chi connectivity index (χ1n) is 6.96. The van der Waals surface area contributed by atoms with Crippen molar-refractivity contribution < 1.29 is 9.53 Å². The topological polar surface area (TPSA) is 26.3 Å². The Morgan fingerprint density at radius 3 is 2.67 bits per heavy atom. The van der Waals surface area contributed by atoms with Crippen LogP contribution in [0.25, 0.3) is 0 Å². The second-order valence-electron chi connectivity index (χ2n) is 5.72. The van der Waals surface area contributed by atoms with E-state index in [9.17, 15) is 4.79 Å². The molecule has 0 aromatic heterocycles. The Labute approximate surface area is 108 Å². The van der Waals surface area contributed by atoms with Crippen molar-refractivity contribution in [3.63, 3.8) is 0 Å². The Morgan fingerprint density at radius 1 is 1.28 bits per heavy atom. The lowest BCUT2D eigenvalue weighted by atomic mass is 9.92. The average Bonchev–Trinajstić information content (AvgIpc) is 2.98. The van der Waals surface area contributed by atoms with Crippen molar-refractivity contribution in [2.24, 2.45) is 17.8 Å². The molecule has 2 heteroatoms. The molecule has 0 N–H and O–H groups in total. The van der Waals surface area contributed by atoms with Gasteiger partial charge < -0.3 is 4.74 Å². The normalized spacial score (nSPS) is 28.9. The molecule has 2 nitrogen and oxygen atoms in total. The van der Waals surface area contributed by atoms with Crippen molar-refractivity contribution in [1.29, 1.82) is 0 Å². The summed E-state index contributed by atoms with van der Waals surface area (Å²) in [4.78, 5) is 12.6. The van der Waals surface area contributed by atoms with Gasteiger partial charge in [-0.3, -0.25) is 4.79 Å². The molecule has 0 bridgehead atoms. The standard InChI is InChI=1S/C16H20O2/c1-3-18-15-5-4-10(2)6-14(15)16(17)13-8-11-7-12(11)9-13/h4-6,11-13H,3,7-9H2,1-2H3. The highest BCUT2D eigenvalue weighted by atomic mass is 16.5. The van der Waals surface area contributed by atoms with E-state index in [0.717, 1.165) is 41.6 Å². The van der Waals surface area contributed by atoms with E-state index in [1.165, 1.54) is 6.42 Å². The summed E-state index contributed by atoms with van der Waals surface area (Å²) in [5.74, 6) is 3.00. The van der Waals surface area contributed by atoms with Crippen LogP contribution in [0.5, 0.6) is 5.75 Å². The fraction of sp³-hybridized carbons (Fsp3) is 0.562. The molecule has 2 aliphatic rings. The number of Topliss-reactive ketones (excluding diaryl/α,β-unsaturated/α-hetero) is 1. The van der Waals surface area contributed by atoms with E-state index < -0.39 is 0 Å². The van der Waals surface area contributed by atoms with Crippen molar-refractivity contribution >= 4 is 5.78 Å². The molecule has 96 valence electrons. The van der Waals surface area contributed by atoms with E-state index in [1.54, 1.807) is 0 Å². The van der Waals surface area contributed by atoms with Gasteiger partial charge in [0.2, 0.25) is 0 Å². The lowest BCUT2D eigenvalue weighted by molar-refractivity contribution is 0.0910. The van der Waals surface area contributed by atoms with Gasteiger partial charge in [0.15, 0.2) is 5.78 Å². The van der Waals surface area contributed by atoms with Gasteiger partial charge in [0.05, 0.1) is 12.2 Å². The SMILES string of the molecule is CCOc1ccc(C)cc1C(=O)C1CC2CC2C1. The van der Waals surface area contributed by atoms with Gasteiger partial charge in [-0.05, 0) is 57.1 Å². The van der Waals surface area contributed by atoms with Gasteiger partial charge in [0.25, 0.3) is 0 Å². The second kappa shape index (κ2) is 4.42. The number of aryl methyl sites for hydroxylation is 1. The molecule has 1 aromatic rings. The highest BCUT2D eigenvalue weighted by Crippen LogP contribution is 2.55. The molecule has 2 saturated carbocycles. The Balaban J connectivity index is 1.85. The largest absolute Gasteiger partial charge is 0.493 e.